The summed E-state index contributed by atoms with van der Waals surface area (Å²) < 4.78 is 0. The second-order valence-corrected chi connectivity index (χ2v) is 4.97. The minimum absolute atomic E-state index is 0.0563. The first-order valence-electron chi connectivity index (χ1n) is 5.68. The maximum Gasteiger partial charge on any atom is 0.225 e. The smallest absolute Gasteiger partial charge is 0.225 e. The monoisotopic (exact) mass is 227 g/mol. The molecule has 5 heteroatoms. The standard InChI is InChI=1S/C11H21N3O2/c1-7(2)11(3,6-12)14-10(16)8-4-9(15)13-5-8/h7-8H,4-6,12H2,1-3H3,(H,13,15)(H,14,16). The molecule has 2 amide bonds. The molecule has 16 heavy (non-hydrogen) atoms. The maximum atomic E-state index is 11.9. The first kappa shape index (κ1) is 13.0. The molecule has 0 spiro atoms. The van der Waals surface area contributed by atoms with Crippen molar-refractivity contribution < 1.29 is 9.59 Å². The normalized spacial score (nSPS) is 24.1. The van der Waals surface area contributed by atoms with Crippen molar-refractivity contribution in [2.75, 3.05) is 13.1 Å². The number of rotatable bonds is 4. The largest absolute Gasteiger partial charge is 0.355 e. The molecule has 1 rings (SSSR count). The van der Waals surface area contributed by atoms with Crippen LogP contribution in [0.5, 0.6) is 0 Å². The summed E-state index contributed by atoms with van der Waals surface area (Å²) in [5.74, 6) is -0.136. The van der Waals surface area contributed by atoms with E-state index < -0.39 is 5.54 Å². The van der Waals surface area contributed by atoms with Gasteiger partial charge >= 0.3 is 0 Å². The molecule has 1 aliphatic rings. The van der Waals surface area contributed by atoms with Crippen LogP contribution in [0.25, 0.3) is 0 Å². The zero-order valence-electron chi connectivity index (χ0n) is 10.2. The predicted molar refractivity (Wildman–Crippen MR) is 61.6 cm³/mol. The van der Waals surface area contributed by atoms with Gasteiger partial charge in [0.2, 0.25) is 11.8 Å². The molecule has 0 aromatic rings. The van der Waals surface area contributed by atoms with Gasteiger partial charge in [-0.1, -0.05) is 13.8 Å². The molecule has 1 fully saturated rings. The van der Waals surface area contributed by atoms with Gasteiger partial charge in [-0.3, -0.25) is 9.59 Å². The Morgan fingerprint density at radius 3 is 2.69 bits per heavy atom. The van der Waals surface area contributed by atoms with Gasteiger partial charge in [-0.15, -0.1) is 0 Å². The predicted octanol–water partition coefficient (Wildman–Crippen LogP) is -0.388. The van der Waals surface area contributed by atoms with Crippen LogP contribution in [0.2, 0.25) is 0 Å². The molecule has 0 radical (unpaired) electrons. The van der Waals surface area contributed by atoms with Crippen LogP contribution in [0.15, 0.2) is 0 Å². The highest BCUT2D eigenvalue weighted by molar-refractivity contribution is 5.89. The summed E-state index contributed by atoms with van der Waals surface area (Å²) >= 11 is 0. The molecule has 2 atom stereocenters. The molecular formula is C11H21N3O2. The molecule has 92 valence electrons. The first-order chi connectivity index (χ1) is 7.39. The van der Waals surface area contributed by atoms with Crippen molar-refractivity contribution in [3.05, 3.63) is 0 Å². The number of amides is 2. The Kier molecular flexibility index (Phi) is 3.91. The fourth-order valence-corrected chi connectivity index (χ4v) is 1.61. The van der Waals surface area contributed by atoms with Crippen LogP contribution in [0.1, 0.15) is 27.2 Å². The fourth-order valence-electron chi connectivity index (χ4n) is 1.61. The van der Waals surface area contributed by atoms with E-state index >= 15 is 0 Å². The Balaban J connectivity index is 2.59. The molecule has 2 unspecified atom stereocenters. The van der Waals surface area contributed by atoms with E-state index in [-0.39, 0.29) is 30.1 Å². The number of nitrogens with one attached hydrogen (secondary N) is 2. The molecule has 5 nitrogen and oxygen atoms in total. The van der Waals surface area contributed by atoms with Crippen LogP contribution in [0, 0.1) is 11.8 Å². The highest BCUT2D eigenvalue weighted by Gasteiger charge is 2.34. The topological polar surface area (TPSA) is 84.2 Å². The second kappa shape index (κ2) is 4.82. The lowest BCUT2D eigenvalue weighted by Gasteiger charge is -2.34. The van der Waals surface area contributed by atoms with Gasteiger partial charge in [0.05, 0.1) is 11.5 Å². The first-order valence-corrected chi connectivity index (χ1v) is 5.68. The average Bonchev–Trinajstić information content (AvgIpc) is 2.64. The maximum absolute atomic E-state index is 11.9. The lowest BCUT2D eigenvalue weighted by atomic mass is 9.87. The molecule has 0 aromatic heterocycles. The Morgan fingerprint density at radius 2 is 2.31 bits per heavy atom. The summed E-state index contributed by atoms with van der Waals surface area (Å²) in [5.41, 5.74) is 5.28. The zero-order chi connectivity index (χ0) is 12.3. The molecular weight excluding hydrogens is 206 g/mol. The van der Waals surface area contributed by atoms with Gasteiger partial charge in [0.15, 0.2) is 0 Å². The Labute approximate surface area is 96.1 Å². The van der Waals surface area contributed by atoms with E-state index in [1.54, 1.807) is 0 Å². The summed E-state index contributed by atoms with van der Waals surface area (Å²) in [6, 6.07) is 0. The van der Waals surface area contributed by atoms with Crippen LogP contribution in [-0.2, 0) is 9.59 Å². The third-order valence-corrected chi connectivity index (χ3v) is 3.46. The molecule has 0 bridgehead atoms. The van der Waals surface area contributed by atoms with E-state index in [0.29, 0.717) is 13.1 Å². The SMILES string of the molecule is CC(C)C(C)(CN)NC(=O)C1CNC(=O)C1. The average molecular weight is 227 g/mol. The van der Waals surface area contributed by atoms with Crippen LogP contribution < -0.4 is 16.4 Å². The lowest BCUT2D eigenvalue weighted by molar-refractivity contribution is -0.128. The minimum atomic E-state index is -0.400. The van der Waals surface area contributed by atoms with Crippen molar-refractivity contribution in [3.63, 3.8) is 0 Å². The van der Waals surface area contributed by atoms with Crippen molar-refractivity contribution in [2.24, 2.45) is 17.6 Å². The lowest BCUT2D eigenvalue weighted by Crippen LogP contribution is -2.56. The number of hydrogen-bond acceptors (Lipinski definition) is 3. The van der Waals surface area contributed by atoms with E-state index in [2.05, 4.69) is 10.6 Å². The van der Waals surface area contributed by atoms with E-state index in [1.165, 1.54) is 0 Å². The second-order valence-electron chi connectivity index (χ2n) is 4.97. The van der Waals surface area contributed by atoms with Crippen molar-refractivity contribution in [1.29, 1.82) is 0 Å². The number of hydrogen-bond donors (Lipinski definition) is 3. The highest BCUT2D eigenvalue weighted by atomic mass is 16.2. The summed E-state index contributed by atoms with van der Waals surface area (Å²) in [6.45, 7) is 6.80. The van der Waals surface area contributed by atoms with Gasteiger partial charge in [0.1, 0.15) is 0 Å². The van der Waals surface area contributed by atoms with Gasteiger partial charge < -0.3 is 16.4 Å². The van der Waals surface area contributed by atoms with Gasteiger partial charge in [0.25, 0.3) is 0 Å². The minimum Gasteiger partial charge on any atom is -0.355 e. The van der Waals surface area contributed by atoms with Gasteiger partial charge in [0, 0.05) is 19.5 Å². The van der Waals surface area contributed by atoms with E-state index in [1.807, 2.05) is 20.8 Å². The Morgan fingerprint density at radius 1 is 1.69 bits per heavy atom. The van der Waals surface area contributed by atoms with Crippen molar-refractivity contribution in [1.82, 2.24) is 10.6 Å². The van der Waals surface area contributed by atoms with Gasteiger partial charge in [-0.05, 0) is 12.8 Å². The van der Waals surface area contributed by atoms with Crippen LogP contribution in [0.4, 0.5) is 0 Å². The Hall–Kier alpha value is -1.10. The number of carbonyl (C=O) groups is 2. The van der Waals surface area contributed by atoms with Crippen LogP contribution in [-0.4, -0.2) is 30.4 Å². The van der Waals surface area contributed by atoms with Crippen molar-refractivity contribution in [3.8, 4) is 0 Å². The van der Waals surface area contributed by atoms with E-state index in [0.717, 1.165) is 0 Å². The molecule has 1 heterocycles. The Bertz CT molecular complexity index is 291. The molecule has 0 aliphatic carbocycles. The molecule has 1 aliphatic heterocycles. The summed E-state index contributed by atoms with van der Waals surface area (Å²) in [4.78, 5) is 22.9. The van der Waals surface area contributed by atoms with E-state index in [9.17, 15) is 9.59 Å². The van der Waals surface area contributed by atoms with Crippen molar-refractivity contribution in [2.45, 2.75) is 32.7 Å². The summed E-state index contributed by atoms with van der Waals surface area (Å²) in [6.07, 6.45) is 0.282. The highest BCUT2D eigenvalue weighted by Crippen LogP contribution is 2.17. The van der Waals surface area contributed by atoms with Crippen molar-refractivity contribution >= 4 is 11.8 Å². The summed E-state index contributed by atoms with van der Waals surface area (Å²) in [5, 5.41) is 5.60. The van der Waals surface area contributed by atoms with Crippen LogP contribution >= 0.6 is 0 Å². The number of nitrogens with two attached hydrogens (primary N) is 1. The van der Waals surface area contributed by atoms with Crippen LogP contribution in [0.3, 0.4) is 0 Å². The summed E-state index contributed by atoms with van der Waals surface area (Å²) in [7, 11) is 0. The van der Waals surface area contributed by atoms with E-state index in [4.69, 9.17) is 5.73 Å². The molecule has 0 saturated carbocycles. The van der Waals surface area contributed by atoms with Gasteiger partial charge in [-0.25, -0.2) is 0 Å². The molecule has 4 N–H and O–H groups in total. The third-order valence-electron chi connectivity index (χ3n) is 3.46. The fraction of sp³-hybridized carbons (Fsp3) is 0.818. The quantitative estimate of drug-likeness (QED) is 0.611. The number of carbonyl (C=O) groups excluding carboxylic acids is 2. The molecule has 0 aromatic carbocycles. The third kappa shape index (κ3) is 2.72. The zero-order valence-corrected chi connectivity index (χ0v) is 10.2. The van der Waals surface area contributed by atoms with Gasteiger partial charge in [-0.2, -0.15) is 0 Å². The molecule has 1 saturated heterocycles.